The van der Waals surface area contributed by atoms with Gasteiger partial charge in [0, 0.05) is 16.1 Å². The number of halogens is 2. The lowest BCUT2D eigenvalue weighted by atomic mass is 10.00. The number of nitrogens with zero attached hydrogens (tertiary/aromatic N) is 5. The summed E-state index contributed by atoms with van der Waals surface area (Å²) in [7, 11) is 0. The van der Waals surface area contributed by atoms with E-state index in [1.807, 2.05) is 28.8 Å². The van der Waals surface area contributed by atoms with E-state index in [1.54, 1.807) is 6.07 Å². The second-order valence-electron chi connectivity index (χ2n) is 7.16. The molecule has 5 rings (SSSR count). The fourth-order valence-corrected chi connectivity index (χ4v) is 4.21. The Kier molecular flexibility index (Phi) is 4.45. The van der Waals surface area contributed by atoms with Crippen LogP contribution >= 0.6 is 11.6 Å². The topological polar surface area (TPSA) is 46.3 Å². The van der Waals surface area contributed by atoms with Gasteiger partial charge in [-0.15, -0.1) is 10.2 Å². The second-order valence-corrected chi connectivity index (χ2v) is 7.56. The van der Waals surface area contributed by atoms with E-state index in [0.29, 0.717) is 22.8 Å². The standard InChI is InChI=1S/C21H19ClFN5/c22-17-6-2-1-5-15(17)21-16-11-14(23)7-8-18(16)28-19(12-24-21)25-26-20(28)13-27-9-3-4-10-27/h1-2,5-8,11H,3-4,9-10,12-13H2. The van der Waals surface area contributed by atoms with Crippen LogP contribution < -0.4 is 0 Å². The van der Waals surface area contributed by atoms with E-state index < -0.39 is 0 Å². The Morgan fingerprint density at radius 2 is 1.82 bits per heavy atom. The van der Waals surface area contributed by atoms with Crippen LogP contribution in [0.3, 0.4) is 0 Å². The van der Waals surface area contributed by atoms with Gasteiger partial charge in [0.05, 0.1) is 17.9 Å². The molecule has 5 nitrogen and oxygen atoms in total. The summed E-state index contributed by atoms with van der Waals surface area (Å²) in [5, 5.41) is 9.39. The first-order valence-electron chi connectivity index (χ1n) is 9.46. The molecule has 28 heavy (non-hydrogen) atoms. The van der Waals surface area contributed by atoms with Gasteiger partial charge in [-0.05, 0) is 50.2 Å². The maximum atomic E-state index is 14.2. The minimum absolute atomic E-state index is 0.309. The van der Waals surface area contributed by atoms with Crippen LogP contribution in [-0.4, -0.2) is 38.5 Å². The van der Waals surface area contributed by atoms with E-state index in [0.717, 1.165) is 42.5 Å². The van der Waals surface area contributed by atoms with Crippen molar-refractivity contribution in [3.8, 4) is 5.69 Å². The Balaban J connectivity index is 1.66. The lowest BCUT2D eigenvalue weighted by Gasteiger charge is -2.17. The Hall–Kier alpha value is -2.57. The van der Waals surface area contributed by atoms with Crippen molar-refractivity contribution in [2.75, 3.05) is 13.1 Å². The van der Waals surface area contributed by atoms with Gasteiger partial charge in [-0.2, -0.15) is 0 Å². The number of rotatable bonds is 3. The molecule has 7 heteroatoms. The highest BCUT2D eigenvalue weighted by atomic mass is 35.5. The van der Waals surface area contributed by atoms with E-state index in [2.05, 4.69) is 15.1 Å². The van der Waals surface area contributed by atoms with Crippen molar-refractivity contribution < 1.29 is 4.39 Å². The van der Waals surface area contributed by atoms with Crippen molar-refractivity contribution in [1.82, 2.24) is 19.7 Å². The Morgan fingerprint density at radius 3 is 2.64 bits per heavy atom. The van der Waals surface area contributed by atoms with E-state index in [1.165, 1.54) is 25.0 Å². The molecule has 1 fully saturated rings. The summed E-state index contributed by atoms with van der Waals surface area (Å²) in [6, 6.07) is 12.3. The van der Waals surface area contributed by atoms with Crippen LogP contribution in [0.25, 0.3) is 5.69 Å². The molecule has 3 heterocycles. The van der Waals surface area contributed by atoms with E-state index >= 15 is 0 Å². The zero-order valence-corrected chi connectivity index (χ0v) is 16.0. The summed E-state index contributed by atoms with van der Waals surface area (Å²) in [6.07, 6.45) is 2.42. The smallest absolute Gasteiger partial charge is 0.159 e. The van der Waals surface area contributed by atoms with Gasteiger partial charge in [0.2, 0.25) is 0 Å². The summed E-state index contributed by atoms with van der Waals surface area (Å²) >= 11 is 6.43. The molecule has 1 aromatic heterocycles. The summed E-state index contributed by atoms with van der Waals surface area (Å²) in [5.74, 6) is 1.31. The van der Waals surface area contributed by atoms with Gasteiger partial charge in [-0.3, -0.25) is 14.5 Å². The van der Waals surface area contributed by atoms with E-state index in [9.17, 15) is 4.39 Å². The first kappa shape index (κ1) is 17.5. The quantitative estimate of drug-likeness (QED) is 0.673. The monoisotopic (exact) mass is 395 g/mol. The van der Waals surface area contributed by atoms with E-state index in [-0.39, 0.29) is 5.82 Å². The van der Waals surface area contributed by atoms with Gasteiger partial charge >= 0.3 is 0 Å². The number of aromatic nitrogens is 3. The molecule has 0 amide bonds. The minimum atomic E-state index is -0.309. The summed E-state index contributed by atoms with van der Waals surface area (Å²) in [5.41, 5.74) is 3.01. The Bertz CT molecular complexity index is 1070. The molecule has 0 spiro atoms. The second kappa shape index (κ2) is 7.11. The van der Waals surface area contributed by atoms with Gasteiger partial charge in [-0.1, -0.05) is 29.8 Å². The van der Waals surface area contributed by atoms with E-state index in [4.69, 9.17) is 16.6 Å². The highest BCUT2D eigenvalue weighted by Crippen LogP contribution is 2.29. The molecule has 1 saturated heterocycles. The van der Waals surface area contributed by atoms with Crippen molar-refractivity contribution in [2.45, 2.75) is 25.9 Å². The molecule has 0 unspecified atom stereocenters. The van der Waals surface area contributed by atoms with Crippen LogP contribution in [0, 0.1) is 5.82 Å². The highest BCUT2D eigenvalue weighted by molar-refractivity contribution is 6.35. The maximum absolute atomic E-state index is 14.2. The number of hydrogen-bond acceptors (Lipinski definition) is 4. The van der Waals surface area contributed by atoms with Gasteiger partial charge in [0.1, 0.15) is 12.4 Å². The average Bonchev–Trinajstić information content (AvgIpc) is 3.31. The van der Waals surface area contributed by atoms with Crippen LogP contribution in [-0.2, 0) is 13.1 Å². The molecule has 0 atom stereocenters. The first-order valence-corrected chi connectivity index (χ1v) is 9.83. The predicted molar refractivity (Wildman–Crippen MR) is 107 cm³/mol. The third kappa shape index (κ3) is 3.02. The molecule has 0 radical (unpaired) electrons. The highest BCUT2D eigenvalue weighted by Gasteiger charge is 2.25. The zero-order chi connectivity index (χ0) is 19.1. The van der Waals surface area contributed by atoms with Crippen molar-refractivity contribution in [2.24, 2.45) is 4.99 Å². The van der Waals surface area contributed by atoms with Crippen LogP contribution in [0.15, 0.2) is 47.5 Å². The number of hydrogen-bond donors (Lipinski definition) is 0. The van der Waals surface area contributed by atoms with Gasteiger partial charge in [-0.25, -0.2) is 4.39 Å². The lowest BCUT2D eigenvalue weighted by Crippen LogP contribution is -2.21. The molecule has 0 bridgehead atoms. The van der Waals surface area contributed by atoms with Gasteiger partial charge in [0.25, 0.3) is 0 Å². The average molecular weight is 396 g/mol. The molecular weight excluding hydrogens is 377 g/mol. The van der Waals surface area contributed by atoms with Gasteiger partial charge in [0.15, 0.2) is 11.6 Å². The molecule has 2 aliphatic heterocycles. The molecule has 142 valence electrons. The number of likely N-dealkylation sites (tertiary alicyclic amines) is 1. The predicted octanol–water partition coefficient (Wildman–Crippen LogP) is 4.01. The Morgan fingerprint density at radius 1 is 1.00 bits per heavy atom. The summed E-state index contributed by atoms with van der Waals surface area (Å²) < 4.78 is 16.2. The van der Waals surface area contributed by atoms with Gasteiger partial charge < -0.3 is 0 Å². The zero-order valence-electron chi connectivity index (χ0n) is 15.3. The largest absolute Gasteiger partial charge is 0.296 e. The van der Waals surface area contributed by atoms with Crippen molar-refractivity contribution in [3.63, 3.8) is 0 Å². The van der Waals surface area contributed by atoms with Crippen molar-refractivity contribution >= 4 is 17.3 Å². The maximum Gasteiger partial charge on any atom is 0.159 e. The molecule has 2 aromatic carbocycles. The Labute approximate surface area is 167 Å². The van der Waals surface area contributed by atoms with Crippen molar-refractivity contribution in [1.29, 1.82) is 0 Å². The number of fused-ring (bicyclic) bond motifs is 3. The molecule has 2 aliphatic rings. The van der Waals surface area contributed by atoms with Crippen molar-refractivity contribution in [3.05, 3.63) is 76.1 Å². The van der Waals surface area contributed by atoms with Crippen LogP contribution in [0.4, 0.5) is 4.39 Å². The SMILES string of the molecule is Fc1ccc2c(c1)C(c1ccccc1Cl)=NCc1nnc(CN3CCCC3)n1-2. The van der Waals surface area contributed by atoms with Crippen LogP contribution in [0.2, 0.25) is 5.02 Å². The summed E-state index contributed by atoms with van der Waals surface area (Å²) in [6.45, 7) is 3.23. The molecule has 0 aliphatic carbocycles. The normalized spacial score (nSPS) is 16.4. The van der Waals surface area contributed by atoms with Crippen LogP contribution in [0.5, 0.6) is 0 Å². The fraction of sp³-hybridized carbons (Fsp3) is 0.286. The fourth-order valence-electron chi connectivity index (χ4n) is 3.99. The third-order valence-electron chi connectivity index (χ3n) is 5.32. The lowest BCUT2D eigenvalue weighted by molar-refractivity contribution is 0.320. The molecule has 0 saturated carbocycles. The summed E-state index contributed by atoms with van der Waals surface area (Å²) in [4.78, 5) is 7.13. The number of benzene rings is 2. The third-order valence-corrected chi connectivity index (χ3v) is 5.65. The minimum Gasteiger partial charge on any atom is -0.296 e. The molecular formula is C21H19ClFN5. The molecule has 3 aromatic rings. The number of aliphatic imine (C=N–C) groups is 1. The first-order chi connectivity index (χ1) is 13.7. The van der Waals surface area contributed by atoms with Crippen LogP contribution in [0.1, 0.15) is 35.6 Å². The molecule has 0 N–H and O–H groups in total.